The second kappa shape index (κ2) is 8.07. The molecule has 0 bridgehead atoms. The number of ketones is 1. The van der Waals surface area contributed by atoms with Crippen LogP contribution in [0.15, 0.2) is 75.3 Å². The van der Waals surface area contributed by atoms with E-state index < -0.39 is 5.92 Å². The molecule has 0 aromatic heterocycles. The predicted molar refractivity (Wildman–Crippen MR) is 116 cm³/mol. The quantitative estimate of drug-likeness (QED) is 0.602. The fourth-order valence-electron chi connectivity index (χ4n) is 4.48. The zero-order chi connectivity index (χ0) is 20.5. The summed E-state index contributed by atoms with van der Waals surface area (Å²) in [6.07, 6.45) is 1.13. The van der Waals surface area contributed by atoms with Crippen molar-refractivity contribution in [1.29, 1.82) is 0 Å². The third kappa shape index (κ3) is 3.71. The average Bonchev–Trinajstić information content (AvgIpc) is 2.73. The van der Waals surface area contributed by atoms with Crippen molar-refractivity contribution in [1.82, 2.24) is 0 Å². The van der Waals surface area contributed by atoms with Crippen molar-refractivity contribution in [3.63, 3.8) is 0 Å². The Labute approximate surface area is 178 Å². The molecule has 0 fully saturated rings. The molecule has 148 valence electrons. The van der Waals surface area contributed by atoms with Gasteiger partial charge in [0, 0.05) is 33.8 Å². The second-order valence-corrected chi connectivity index (χ2v) is 8.50. The van der Waals surface area contributed by atoms with Crippen LogP contribution in [-0.4, -0.2) is 24.6 Å². The SMILES string of the molecule is COC(=O)C1C(C)=NC2=C(C(=O)C[C@H](c3ccccc3)C2)[C@@H]1c1ccc(Br)cc1. The van der Waals surface area contributed by atoms with Crippen molar-refractivity contribution in [2.75, 3.05) is 7.11 Å². The van der Waals surface area contributed by atoms with Crippen LogP contribution in [-0.2, 0) is 14.3 Å². The second-order valence-electron chi connectivity index (χ2n) is 7.58. The minimum absolute atomic E-state index is 0.0678. The Morgan fingerprint density at radius 3 is 2.38 bits per heavy atom. The van der Waals surface area contributed by atoms with Gasteiger partial charge in [0.15, 0.2) is 5.78 Å². The van der Waals surface area contributed by atoms with Crippen LogP contribution in [0, 0.1) is 5.92 Å². The van der Waals surface area contributed by atoms with E-state index in [4.69, 9.17) is 9.73 Å². The maximum absolute atomic E-state index is 13.3. The van der Waals surface area contributed by atoms with Crippen molar-refractivity contribution in [3.8, 4) is 0 Å². The highest BCUT2D eigenvalue weighted by Crippen LogP contribution is 2.46. The summed E-state index contributed by atoms with van der Waals surface area (Å²) in [6, 6.07) is 17.9. The Balaban J connectivity index is 1.81. The molecule has 1 unspecified atom stereocenters. The van der Waals surface area contributed by atoms with Gasteiger partial charge in [-0.3, -0.25) is 14.6 Å². The lowest BCUT2D eigenvalue weighted by Crippen LogP contribution is -2.37. The number of halogens is 1. The van der Waals surface area contributed by atoms with Crippen LogP contribution in [0.5, 0.6) is 0 Å². The highest BCUT2D eigenvalue weighted by atomic mass is 79.9. The first-order chi connectivity index (χ1) is 14.0. The number of ether oxygens (including phenoxy) is 1. The first kappa shape index (κ1) is 19.8. The van der Waals surface area contributed by atoms with E-state index in [0.717, 1.165) is 21.3 Å². The Hall–Kier alpha value is -2.53. The van der Waals surface area contributed by atoms with Crippen molar-refractivity contribution < 1.29 is 14.3 Å². The fraction of sp³-hybridized carbons (Fsp3) is 0.292. The summed E-state index contributed by atoms with van der Waals surface area (Å²) in [6.45, 7) is 1.85. The average molecular weight is 452 g/mol. The van der Waals surface area contributed by atoms with Gasteiger partial charge in [-0.15, -0.1) is 0 Å². The molecule has 1 heterocycles. The Morgan fingerprint density at radius 2 is 1.72 bits per heavy atom. The van der Waals surface area contributed by atoms with Crippen LogP contribution in [0.2, 0.25) is 0 Å². The Kier molecular flexibility index (Phi) is 5.50. The van der Waals surface area contributed by atoms with Gasteiger partial charge >= 0.3 is 5.97 Å². The summed E-state index contributed by atoms with van der Waals surface area (Å²) in [5.74, 6) is -1.13. The molecule has 3 atom stereocenters. The molecule has 4 rings (SSSR count). The number of benzene rings is 2. The molecule has 0 saturated carbocycles. The summed E-state index contributed by atoms with van der Waals surface area (Å²) in [5.41, 5.74) is 4.25. The molecule has 0 saturated heterocycles. The molecule has 5 heteroatoms. The van der Waals surface area contributed by atoms with Gasteiger partial charge in [-0.2, -0.15) is 0 Å². The largest absolute Gasteiger partial charge is 0.468 e. The number of carbonyl (C=O) groups is 2. The van der Waals surface area contributed by atoms with Crippen LogP contribution < -0.4 is 0 Å². The number of allylic oxidation sites excluding steroid dienone is 2. The van der Waals surface area contributed by atoms with Crippen LogP contribution >= 0.6 is 15.9 Å². The van der Waals surface area contributed by atoms with Crippen LogP contribution in [0.1, 0.15) is 42.7 Å². The lowest BCUT2D eigenvalue weighted by atomic mass is 9.69. The minimum atomic E-state index is -0.586. The van der Waals surface area contributed by atoms with E-state index in [0.29, 0.717) is 24.1 Å². The molecule has 0 amide bonds. The molecule has 2 aliphatic rings. The summed E-state index contributed by atoms with van der Waals surface area (Å²) in [5, 5.41) is 0. The fourth-order valence-corrected chi connectivity index (χ4v) is 4.75. The minimum Gasteiger partial charge on any atom is -0.468 e. The van der Waals surface area contributed by atoms with Gasteiger partial charge in [0.05, 0.1) is 7.11 Å². The molecule has 29 heavy (non-hydrogen) atoms. The lowest BCUT2D eigenvalue weighted by Gasteiger charge is -2.36. The third-order valence-corrected chi connectivity index (χ3v) is 6.37. The standard InChI is InChI=1S/C24H22BrNO3/c1-14-21(24(28)29-2)22(16-8-10-18(25)11-9-16)23-19(26-14)12-17(13-20(23)27)15-6-4-3-5-7-15/h3-11,17,21-22H,12-13H2,1-2H3/t17-,21?,22-/m1/s1. The third-order valence-electron chi connectivity index (χ3n) is 5.84. The van der Waals surface area contributed by atoms with Gasteiger partial charge in [0.2, 0.25) is 0 Å². The number of rotatable bonds is 3. The molecule has 0 N–H and O–H groups in total. The summed E-state index contributed by atoms with van der Waals surface area (Å²) < 4.78 is 6.03. The molecule has 2 aromatic rings. The normalized spacial score (nSPS) is 24.0. The van der Waals surface area contributed by atoms with Gasteiger partial charge in [-0.25, -0.2) is 0 Å². The first-order valence-corrected chi connectivity index (χ1v) is 10.5. The maximum atomic E-state index is 13.3. The number of nitrogens with zero attached hydrogens (tertiary/aromatic N) is 1. The predicted octanol–water partition coefficient (Wildman–Crippen LogP) is 5.20. The van der Waals surface area contributed by atoms with Gasteiger partial charge in [0.25, 0.3) is 0 Å². The lowest BCUT2D eigenvalue weighted by molar-refractivity contribution is -0.143. The van der Waals surface area contributed by atoms with Crippen LogP contribution in [0.3, 0.4) is 0 Å². The number of hydrogen-bond donors (Lipinski definition) is 0. The van der Waals surface area contributed by atoms with Crippen molar-refractivity contribution in [2.45, 2.75) is 31.6 Å². The van der Waals surface area contributed by atoms with E-state index >= 15 is 0 Å². The smallest absolute Gasteiger partial charge is 0.315 e. The zero-order valence-corrected chi connectivity index (χ0v) is 18.0. The van der Waals surface area contributed by atoms with E-state index in [9.17, 15) is 9.59 Å². The Morgan fingerprint density at radius 1 is 1.03 bits per heavy atom. The summed E-state index contributed by atoms with van der Waals surface area (Å²) >= 11 is 3.46. The highest BCUT2D eigenvalue weighted by Gasteiger charge is 2.44. The monoisotopic (exact) mass is 451 g/mol. The van der Waals surface area contributed by atoms with E-state index in [2.05, 4.69) is 28.1 Å². The van der Waals surface area contributed by atoms with E-state index in [1.54, 1.807) is 0 Å². The van der Waals surface area contributed by atoms with Crippen molar-refractivity contribution >= 4 is 33.4 Å². The Bertz CT molecular complexity index is 1010. The number of carbonyl (C=O) groups excluding carboxylic acids is 2. The number of hydrogen-bond acceptors (Lipinski definition) is 4. The van der Waals surface area contributed by atoms with Crippen molar-refractivity contribution in [2.24, 2.45) is 10.9 Å². The molecule has 1 aliphatic carbocycles. The molecule has 4 nitrogen and oxygen atoms in total. The first-order valence-electron chi connectivity index (χ1n) is 9.69. The molecule has 1 aliphatic heterocycles. The molecule has 2 aromatic carbocycles. The molecular formula is C24H22BrNO3. The number of Topliss-reactive ketones (excluding diaryl/α,β-unsaturated/α-hetero) is 1. The van der Waals surface area contributed by atoms with E-state index in [1.165, 1.54) is 7.11 Å². The number of esters is 1. The summed E-state index contributed by atoms with van der Waals surface area (Å²) in [7, 11) is 1.38. The van der Waals surface area contributed by atoms with Crippen LogP contribution in [0.4, 0.5) is 0 Å². The van der Waals surface area contributed by atoms with Gasteiger partial charge in [-0.05, 0) is 42.5 Å². The molecule has 0 radical (unpaired) electrons. The zero-order valence-electron chi connectivity index (χ0n) is 16.4. The highest BCUT2D eigenvalue weighted by molar-refractivity contribution is 9.10. The maximum Gasteiger partial charge on any atom is 0.315 e. The van der Waals surface area contributed by atoms with E-state index in [1.807, 2.05) is 49.4 Å². The van der Waals surface area contributed by atoms with Crippen molar-refractivity contribution in [3.05, 3.63) is 81.5 Å². The number of aliphatic imine (C=N–C) groups is 1. The number of methoxy groups -OCH3 is 1. The van der Waals surface area contributed by atoms with Gasteiger partial charge < -0.3 is 4.74 Å². The van der Waals surface area contributed by atoms with Crippen LogP contribution in [0.25, 0.3) is 0 Å². The molecular weight excluding hydrogens is 430 g/mol. The van der Waals surface area contributed by atoms with E-state index in [-0.39, 0.29) is 23.6 Å². The molecule has 0 spiro atoms. The van der Waals surface area contributed by atoms with Gasteiger partial charge in [0.1, 0.15) is 5.92 Å². The summed E-state index contributed by atoms with van der Waals surface area (Å²) in [4.78, 5) is 30.7. The van der Waals surface area contributed by atoms with Gasteiger partial charge in [-0.1, -0.05) is 58.4 Å². The topological polar surface area (TPSA) is 55.7 Å².